The molecule has 6 nitrogen and oxygen atoms in total. The molecule has 0 amide bonds. The fourth-order valence-electron chi connectivity index (χ4n) is 1.84. The number of halogens is 1. The van der Waals surface area contributed by atoms with Crippen molar-refractivity contribution >= 4 is 17.3 Å². The van der Waals surface area contributed by atoms with E-state index in [-0.39, 0.29) is 22.9 Å². The molecule has 0 unspecified atom stereocenters. The standard InChI is InChI=1S/C14H10ClN3O3/c1-8-5-9(2)17-14(11(8)7-16)21-13-6-10(15)3-4-12(13)18(19)20/h3-6H,1-2H3. The number of aryl methyl sites for hydroxylation is 2. The van der Waals surface area contributed by atoms with Crippen LogP contribution in [0.15, 0.2) is 24.3 Å². The van der Waals surface area contributed by atoms with E-state index in [1.807, 2.05) is 6.07 Å². The minimum absolute atomic E-state index is 0.0281. The molecule has 2 rings (SSSR count). The number of nitrogens with zero attached hydrogens (tertiary/aromatic N) is 3. The van der Waals surface area contributed by atoms with Crippen LogP contribution >= 0.6 is 11.6 Å². The number of ether oxygens (including phenoxy) is 1. The molecule has 0 saturated carbocycles. The van der Waals surface area contributed by atoms with E-state index in [0.29, 0.717) is 16.3 Å². The SMILES string of the molecule is Cc1cc(C)c(C#N)c(Oc2cc(Cl)ccc2[N+](=O)[O-])n1. The van der Waals surface area contributed by atoms with Gasteiger partial charge in [0.15, 0.2) is 0 Å². The molecule has 0 saturated heterocycles. The second-order valence-electron chi connectivity index (χ2n) is 4.34. The van der Waals surface area contributed by atoms with Gasteiger partial charge in [0.1, 0.15) is 11.6 Å². The van der Waals surface area contributed by atoms with Gasteiger partial charge in [0.05, 0.1) is 4.92 Å². The molecule has 0 atom stereocenters. The Morgan fingerprint density at radius 2 is 2.10 bits per heavy atom. The van der Waals surface area contributed by atoms with Gasteiger partial charge in [-0.3, -0.25) is 10.1 Å². The van der Waals surface area contributed by atoms with Crippen molar-refractivity contribution in [3.63, 3.8) is 0 Å². The summed E-state index contributed by atoms with van der Waals surface area (Å²) < 4.78 is 5.48. The Hall–Kier alpha value is -2.65. The molecule has 7 heteroatoms. The highest BCUT2D eigenvalue weighted by Gasteiger charge is 2.19. The molecule has 0 aliphatic heterocycles. The van der Waals surface area contributed by atoms with Crippen molar-refractivity contribution < 1.29 is 9.66 Å². The summed E-state index contributed by atoms with van der Waals surface area (Å²) in [6.07, 6.45) is 0. The highest BCUT2D eigenvalue weighted by atomic mass is 35.5. The maximum Gasteiger partial charge on any atom is 0.311 e. The summed E-state index contributed by atoms with van der Waals surface area (Å²) in [6, 6.07) is 7.68. The molecule has 0 N–H and O–H groups in total. The van der Waals surface area contributed by atoms with Crippen LogP contribution in [0.2, 0.25) is 5.02 Å². The molecule has 0 spiro atoms. The zero-order valence-electron chi connectivity index (χ0n) is 11.3. The van der Waals surface area contributed by atoms with Crippen LogP contribution < -0.4 is 4.74 Å². The normalized spacial score (nSPS) is 10.0. The molecular formula is C14H10ClN3O3. The van der Waals surface area contributed by atoms with Gasteiger partial charge in [0.25, 0.3) is 0 Å². The second-order valence-corrected chi connectivity index (χ2v) is 4.78. The number of nitro benzene ring substituents is 1. The number of hydrogen-bond acceptors (Lipinski definition) is 5. The monoisotopic (exact) mass is 303 g/mol. The van der Waals surface area contributed by atoms with E-state index in [9.17, 15) is 15.4 Å². The van der Waals surface area contributed by atoms with Crippen molar-refractivity contribution in [2.45, 2.75) is 13.8 Å². The van der Waals surface area contributed by atoms with E-state index in [4.69, 9.17) is 16.3 Å². The van der Waals surface area contributed by atoms with Gasteiger partial charge in [-0.1, -0.05) is 11.6 Å². The Balaban J connectivity index is 2.55. The van der Waals surface area contributed by atoms with Crippen LogP contribution in [0, 0.1) is 35.3 Å². The summed E-state index contributed by atoms with van der Waals surface area (Å²) in [4.78, 5) is 14.5. The van der Waals surface area contributed by atoms with Gasteiger partial charge in [0.2, 0.25) is 11.6 Å². The first-order chi connectivity index (χ1) is 9.92. The van der Waals surface area contributed by atoms with Crippen molar-refractivity contribution in [2.75, 3.05) is 0 Å². The van der Waals surface area contributed by atoms with Gasteiger partial charge in [-0.25, -0.2) is 4.98 Å². The molecule has 1 heterocycles. The summed E-state index contributed by atoms with van der Waals surface area (Å²) in [6.45, 7) is 3.49. The van der Waals surface area contributed by atoms with Gasteiger partial charge < -0.3 is 4.74 Å². The number of rotatable bonds is 3. The Morgan fingerprint density at radius 3 is 2.71 bits per heavy atom. The lowest BCUT2D eigenvalue weighted by Gasteiger charge is -2.09. The molecule has 0 aliphatic rings. The Bertz CT molecular complexity index is 769. The lowest BCUT2D eigenvalue weighted by molar-refractivity contribution is -0.385. The van der Waals surface area contributed by atoms with E-state index in [0.717, 1.165) is 0 Å². The van der Waals surface area contributed by atoms with Crippen LogP contribution in [-0.2, 0) is 0 Å². The molecule has 0 aliphatic carbocycles. The first kappa shape index (κ1) is 14.8. The number of aromatic nitrogens is 1. The van der Waals surface area contributed by atoms with Gasteiger partial charge in [-0.2, -0.15) is 5.26 Å². The molecule has 0 fully saturated rings. The maximum absolute atomic E-state index is 11.0. The van der Waals surface area contributed by atoms with Gasteiger partial charge in [-0.05, 0) is 31.5 Å². The quantitative estimate of drug-likeness (QED) is 0.633. The number of nitriles is 1. The summed E-state index contributed by atoms with van der Waals surface area (Å²) in [5.41, 5.74) is 1.31. The Morgan fingerprint density at radius 1 is 1.38 bits per heavy atom. The van der Waals surface area contributed by atoms with E-state index >= 15 is 0 Å². The zero-order chi connectivity index (χ0) is 15.6. The molecule has 0 bridgehead atoms. The third-order valence-corrected chi connectivity index (χ3v) is 2.98. The molecular weight excluding hydrogens is 294 g/mol. The number of pyridine rings is 1. The summed E-state index contributed by atoms with van der Waals surface area (Å²) in [5.74, 6) is -0.0260. The highest BCUT2D eigenvalue weighted by Crippen LogP contribution is 2.34. The predicted molar refractivity (Wildman–Crippen MR) is 76.6 cm³/mol. The van der Waals surface area contributed by atoms with Crippen molar-refractivity contribution in [1.82, 2.24) is 4.98 Å². The minimum Gasteiger partial charge on any atom is -0.430 e. The predicted octanol–water partition coefficient (Wildman–Crippen LogP) is 3.92. The van der Waals surface area contributed by atoms with Gasteiger partial charge in [-0.15, -0.1) is 0 Å². The van der Waals surface area contributed by atoms with E-state index in [2.05, 4.69) is 4.98 Å². The maximum atomic E-state index is 11.0. The van der Waals surface area contributed by atoms with Crippen molar-refractivity contribution in [3.05, 3.63) is 56.2 Å². The van der Waals surface area contributed by atoms with Crippen LogP contribution in [0.25, 0.3) is 0 Å². The second kappa shape index (κ2) is 5.77. The third-order valence-electron chi connectivity index (χ3n) is 2.75. The van der Waals surface area contributed by atoms with E-state index < -0.39 is 4.92 Å². The minimum atomic E-state index is -0.583. The smallest absolute Gasteiger partial charge is 0.311 e. The number of nitro groups is 1. The number of hydrogen-bond donors (Lipinski definition) is 0. The molecule has 2 aromatic rings. The largest absolute Gasteiger partial charge is 0.430 e. The van der Waals surface area contributed by atoms with Crippen molar-refractivity contribution in [2.24, 2.45) is 0 Å². The Kier molecular flexibility index (Phi) is 4.05. The van der Waals surface area contributed by atoms with Gasteiger partial charge in [0, 0.05) is 22.8 Å². The van der Waals surface area contributed by atoms with Crippen LogP contribution in [0.5, 0.6) is 11.6 Å². The summed E-state index contributed by atoms with van der Waals surface area (Å²) in [5, 5.41) is 20.5. The lowest BCUT2D eigenvalue weighted by atomic mass is 10.1. The van der Waals surface area contributed by atoms with Crippen LogP contribution in [-0.4, -0.2) is 9.91 Å². The average molecular weight is 304 g/mol. The molecule has 106 valence electrons. The first-order valence-electron chi connectivity index (χ1n) is 5.92. The van der Waals surface area contributed by atoms with Crippen LogP contribution in [0.1, 0.15) is 16.8 Å². The molecule has 1 aromatic carbocycles. The third kappa shape index (κ3) is 3.09. The van der Waals surface area contributed by atoms with Crippen LogP contribution in [0.4, 0.5) is 5.69 Å². The van der Waals surface area contributed by atoms with E-state index in [1.54, 1.807) is 19.9 Å². The fourth-order valence-corrected chi connectivity index (χ4v) is 2.00. The molecule has 21 heavy (non-hydrogen) atoms. The van der Waals surface area contributed by atoms with Crippen molar-refractivity contribution in [3.8, 4) is 17.7 Å². The molecule has 0 radical (unpaired) electrons. The van der Waals surface area contributed by atoms with E-state index in [1.165, 1.54) is 18.2 Å². The fraction of sp³-hybridized carbons (Fsp3) is 0.143. The van der Waals surface area contributed by atoms with Gasteiger partial charge >= 0.3 is 5.69 Å². The summed E-state index contributed by atoms with van der Waals surface area (Å²) in [7, 11) is 0. The lowest BCUT2D eigenvalue weighted by Crippen LogP contribution is -1.99. The summed E-state index contributed by atoms with van der Waals surface area (Å²) >= 11 is 5.84. The topological polar surface area (TPSA) is 89.0 Å². The van der Waals surface area contributed by atoms with Crippen LogP contribution in [0.3, 0.4) is 0 Å². The molecule has 1 aromatic heterocycles. The Labute approximate surface area is 125 Å². The number of benzene rings is 1. The van der Waals surface area contributed by atoms with Crippen molar-refractivity contribution in [1.29, 1.82) is 5.26 Å². The highest BCUT2D eigenvalue weighted by molar-refractivity contribution is 6.30. The zero-order valence-corrected chi connectivity index (χ0v) is 12.0. The average Bonchev–Trinajstić information content (AvgIpc) is 2.37. The first-order valence-corrected chi connectivity index (χ1v) is 6.30.